The van der Waals surface area contributed by atoms with E-state index in [0.29, 0.717) is 15.7 Å². The van der Waals surface area contributed by atoms with Gasteiger partial charge in [-0.25, -0.2) is 9.78 Å². The lowest BCUT2D eigenvalue weighted by atomic mass is 10.1. The first-order valence-corrected chi connectivity index (χ1v) is 8.35. The highest BCUT2D eigenvalue weighted by Gasteiger charge is 2.39. The maximum Gasteiger partial charge on any atom is 0.325 e. The van der Waals surface area contributed by atoms with Crippen molar-refractivity contribution in [3.05, 3.63) is 46.4 Å². The zero-order valence-electron chi connectivity index (χ0n) is 12.4. The number of nitrogens with zero attached hydrogens (tertiary/aromatic N) is 2. The van der Waals surface area contributed by atoms with Crippen LogP contribution in [0, 0.1) is 0 Å². The van der Waals surface area contributed by atoms with Crippen LogP contribution in [0.5, 0.6) is 0 Å². The highest BCUT2D eigenvalue weighted by atomic mass is 35.5. The molecule has 2 aromatic rings. The smallest absolute Gasteiger partial charge is 0.325 e. The number of carbonyl (C=O) groups is 3. The molecule has 1 atom stereocenters. The maximum absolute atomic E-state index is 12.4. The van der Waals surface area contributed by atoms with Gasteiger partial charge in [0.25, 0.3) is 5.91 Å². The minimum absolute atomic E-state index is 0.0644. The van der Waals surface area contributed by atoms with Gasteiger partial charge in [0.05, 0.1) is 13.0 Å². The number of aromatic nitrogens is 1. The molecule has 1 fully saturated rings. The molecule has 0 bridgehead atoms. The van der Waals surface area contributed by atoms with Gasteiger partial charge >= 0.3 is 6.03 Å². The molecule has 1 aliphatic rings. The molecule has 4 amide bonds. The van der Waals surface area contributed by atoms with Crippen molar-refractivity contribution in [1.82, 2.24) is 15.2 Å². The van der Waals surface area contributed by atoms with Crippen molar-refractivity contribution in [2.24, 2.45) is 0 Å². The lowest BCUT2D eigenvalue weighted by Crippen LogP contribution is -2.34. The van der Waals surface area contributed by atoms with Gasteiger partial charge in [-0.05, 0) is 11.6 Å². The van der Waals surface area contributed by atoms with E-state index in [2.05, 4.69) is 15.6 Å². The van der Waals surface area contributed by atoms with Gasteiger partial charge in [0, 0.05) is 16.6 Å². The van der Waals surface area contributed by atoms with Gasteiger partial charge in [-0.15, -0.1) is 11.3 Å². The van der Waals surface area contributed by atoms with E-state index in [4.69, 9.17) is 11.6 Å². The first-order valence-electron chi connectivity index (χ1n) is 7.09. The Bertz CT molecular complexity index is 781. The predicted molar refractivity (Wildman–Crippen MR) is 89.7 cm³/mol. The van der Waals surface area contributed by atoms with Crippen LogP contribution in [0.15, 0.2) is 35.8 Å². The Hall–Kier alpha value is -2.45. The third kappa shape index (κ3) is 3.55. The van der Waals surface area contributed by atoms with Crippen molar-refractivity contribution in [3.63, 3.8) is 0 Å². The quantitative estimate of drug-likeness (QED) is 0.796. The number of urea groups is 1. The number of imide groups is 1. The fraction of sp³-hybridized carbons (Fsp3) is 0.200. The first-order chi connectivity index (χ1) is 11.5. The van der Waals surface area contributed by atoms with Crippen LogP contribution >= 0.6 is 22.9 Å². The van der Waals surface area contributed by atoms with Gasteiger partial charge in [-0.1, -0.05) is 29.8 Å². The third-order valence-electron chi connectivity index (χ3n) is 3.46. The topological polar surface area (TPSA) is 91.4 Å². The van der Waals surface area contributed by atoms with E-state index in [-0.39, 0.29) is 18.9 Å². The molecule has 9 heteroatoms. The van der Waals surface area contributed by atoms with E-state index >= 15 is 0 Å². The van der Waals surface area contributed by atoms with E-state index in [0.717, 1.165) is 4.90 Å². The first kappa shape index (κ1) is 16.4. The van der Waals surface area contributed by atoms with E-state index in [1.807, 2.05) is 0 Å². The molecule has 7 nitrogen and oxygen atoms in total. The molecule has 1 aromatic heterocycles. The Kier molecular flexibility index (Phi) is 4.77. The predicted octanol–water partition coefficient (Wildman–Crippen LogP) is 2.25. The summed E-state index contributed by atoms with van der Waals surface area (Å²) < 4.78 is 0. The Morgan fingerprint density at radius 2 is 2.17 bits per heavy atom. The largest absolute Gasteiger partial charge is 0.325 e. The number of hydrogen-bond acceptors (Lipinski definition) is 5. The Balaban J connectivity index is 1.63. The number of halogens is 1. The summed E-state index contributed by atoms with van der Waals surface area (Å²) in [5, 5.41) is 7.75. The number of rotatable bonds is 5. The molecule has 2 heterocycles. The molecule has 0 saturated carbocycles. The molecule has 1 saturated heterocycles. The zero-order chi connectivity index (χ0) is 17.1. The number of hydrogen-bond donors (Lipinski definition) is 2. The number of benzene rings is 1. The molecule has 0 spiro atoms. The minimum Gasteiger partial charge on any atom is -0.325 e. The van der Waals surface area contributed by atoms with Crippen molar-refractivity contribution in [1.29, 1.82) is 0 Å². The SMILES string of the molecule is O=C(CC1NC(=O)N(Cc2ccccc2Cl)C1=O)Nc1nccs1. The average Bonchev–Trinajstić information content (AvgIpc) is 3.13. The van der Waals surface area contributed by atoms with Crippen molar-refractivity contribution in [2.75, 3.05) is 5.32 Å². The van der Waals surface area contributed by atoms with Crippen LogP contribution in [0.2, 0.25) is 5.02 Å². The van der Waals surface area contributed by atoms with Gasteiger partial charge in [0.15, 0.2) is 5.13 Å². The molecule has 2 N–H and O–H groups in total. The Morgan fingerprint density at radius 1 is 1.38 bits per heavy atom. The maximum atomic E-state index is 12.4. The van der Waals surface area contributed by atoms with Crippen LogP contribution in [0.3, 0.4) is 0 Å². The molecule has 0 aliphatic carbocycles. The molecular weight excluding hydrogens is 352 g/mol. The summed E-state index contributed by atoms with van der Waals surface area (Å²) in [5.74, 6) is -0.836. The van der Waals surface area contributed by atoms with Crippen molar-refractivity contribution < 1.29 is 14.4 Å². The Labute approximate surface area is 146 Å². The van der Waals surface area contributed by atoms with Gasteiger partial charge in [-0.3, -0.25) is 14.5 Å². The highest BCUT2D eigenvalue weighted by Crippen LogP contribution is 2.20. The number of anilines is 1. The normalized spacial score (nSPS) is 17.0. The number of thiazole rings is 1. The Morgan fingerprint density at radius 3 is 2.88 bits per heavy atom. The minimum atomic E-state index is -0.889. The molecule has 1 aromatic carbocycles. The van der Waals surface area contributed by atoms with Gasteiger partial charge in [0.1, 0.15) is 6.04 Å². The molecule has 3 rings (SSSR count). The van der Waals surface area contributed by atoms with Crippen LogP contribution in [-0.4, -0.2) is 33.8 Å². The highest BCUT2D eigenvalue weighted by molar-refractivity contribution is 7.13. The molecule has 24 heavy (non-hydrogen) atoms. The fourth-order valence-electron chi connectivity index (χ4n) is 2.30. The summed E-state index contributed by atoms with van der Waals surface area (Å²) >= 11 is 7.33. The summed E-state index contributed by atoms with van der Waals surface area (Å²) in [7, 11) is 0. The summed E-state index contributed by atoms with van der Waals surface area (Å²) in [4.78, 5) is 41.3. The second kappa shape index (κ2) is 6.98. The van der Waals surface area contributed by atoms with E-state index in [1.165, 1.54) is 11.3 Å². The number of nitrogens with one attached hydrogen (secondary N) is 2. The van der Waals surface area contributed by atoms with Gasteiger partial charge < -0.3 is 10.6 Å². The average molecular weight is 365 g/mol. The molecule has 1 aliphatic heterocycles. The fourth-order valence-corrected chi connectivity index (χ4v) is 3.04. The lowest BCUT2D eigenvalue weighted by molar-refractivity contribution is -0.130. The lowest BCUT2D eigenvalue weighted by Gasteiger charge is -2.14. The number of amides is 4. The molecule has 1 unspecified atom stereocenters. The standard InChI is InChI=1S/C15H13ClN4O3S/c16-10-4-2-1-3-9(10)8-20-13(22)11(18-15(20)23)7-12(21)19-14-17-5-6-24-14/h1-6,11H,7-8H2,(H,18,23)(H,17,19,21). The van der Waals surface area contributed by atoms with E-state index in [1.54, 1.807) is 35.8 Å². The van der Waals surface area contributed by atoms with E-state index < -0.39 is 18.0 Å². The molecular formula is C15H13ClN4O3S. The van der Waals surface area contributed by atoms with Crippen LogP contribution in [0.1, 0.15) is 12.0 Å². The van der Waals surface area contributed by atoms with Crippen molar-refractivity contribution in [3.8, 4) is 0 Å². The third-order valence-corrected chi connectivity index (χ3v) is 4.52. The van der Waals surface area contributed by atoms with Crippen LogP contribution in [0.25, 0.3) is 0 Å². The van der Waals surface area contributed by atoms with Crippen molar-refractivity contribution >= 4 is 45.9 Å². The van der Waals surface area contributed by atoms with Crippen LogP contribution < -0.4 is 10.6 Å². The second-order valence-electron chi connectivity index (χ2n) is 5.11. The van der Waals surface area contributed by atoms with Crippen LogP contribution in [-0.2, 0) is 16.1 Å². The van der Waals surface area contributed by atoms with E-state index in [9.17, 15) is 14.4 Å². The summed E-state index contributed by atoms with van der Waals surface area (Å²) in [5.41, 5.74) is 0.663. The van der Waals surface area contributed by atoms with Crippen LogP contribution in [0.4, 0.5) is 9.93 Å². The summed E-state index contributed by atoms with van der Waals surface area (Å²) in [6.45, 7) is 0.0644. The zero-order valence-corrected chi connectivity index (χ0v) is 13.9. The monoisotopic (exact) mass is 364 g/mol. The van der Waals surface area contributed by atoms with Gasteiger partial charge in [0.2, 0.25) is 5.91 Å². The molecule has 0 radical (unpaired) electrons. The summed E-state index contributed by atoms with van der Waals surface area (Å²) in [6.07, 6.45) is 1.41. The second-order valence-corrected chi connectivity index (χ2v) is 6.41. The summed E-state index contributed by atoms with van der Waals surface area (Å²) in [6, 6.07) is 5.55. The van der Waals surface area contributed by atoms with Crippen molar-refractivity contribution in [2.45, 2.75) is 19.0 Å². The molecule has 124 valence electrons. The number of carbonyl (C=O) groups excluding carboxylic acids is 3. The van der Waals surface area contributed by atoms with Gasteiger partial charge in [-0.2, -0.15) is 0 Å².